The van der Waals surface area contributed by atoms with Crippen molar-refractivity contribution >= 4 is 23.5 Å². The van der Waals surface area contributed by atoms with E-state index in [0.29, 0.717) is 24.0 Å². The van der Waals surface area contributed by atoms with Crippen molar-refractivity contribution in [1.29, 1.82) is 0 Å². The number of aromatic nitrogens is 2. The van der Waals surface area contributed by atoms with Crippen molar-refractivity contribution in [2.45, 2.75) is 26.8 Å². The van der Waals surface area contributed by atoms with Crippen LogP contribution in [0.4, 0.5) is 26.6 Å². The molecule has 2 rings (SSSR count). The first-order valence-electron chi connectivity index (χ1n) is 7.44. The summed E-state index contributed by atoms with van der Waals surface area (Å²) in [6, 6.07) is 7.11. The van der Waals surface area contributed by atoms with Gasteiger partial charge in [-0.3, -0.25) is 0 Å². The van der Waals surface area contributed by atoms with Crippen LogP contribution in [-0.4, -0.2) is 28.6 Å². The molecule has 0 aliphatic carbocycles. The first-order valence-corrected chi connectivity index (χ1v) is 7.44. The first kappa shape index (κ1) is 16.7. The number of carbonyl (C=O) groups excluding carboxylic acids is 1. The van der Waals surface area contributed by atoms with Crippen LogP contribution in [0, 0.1) is 5.82 Å². The quantitative estimate of drug-likeness (QED) is 0.887. The van der Waals surface area contributed by atoms with Crippen LogP contribution in [0.15, 0.2) is 36.5 Å². The summed E-state index contributed by atoms with van der Waals surface area (Å²) in [5.41, 5.74) is 0.520. The number of urea groups is 1. The Morgan fingerprint density at radius 2 is 1.96 bits per heavy atom. The summed E-state index contributed by atoms with van der Waals surface area (Å²) in [6.07, 6.45) is 1.57. The molecule has 0 atom stereocenters. The predicted octanol–water partition coefficient (Wildman–Crippen LogP) is 3.30. The van der Waals surface area contributed by atoms with Gasteiger partial charge in [0.25, 0.3) is 0 Å². The predicted molar refractivity (Wildman–Crippen MR) is 88.4 cm³/mol. The summed E-state index contributed by atoms with van der Waals surface area (Å²) in [5.74, 6) is 0.462. The summed E-state index contributed by atoms with van der Waals surface area (Å²) in [6.45, 7) is 6.24. The SMILES string of the molecule is CCNC(=O)N(c1ccc(F)cc1)c1ccnc(NC(C)C)n1. The van der Waals surface area contributed by atoms with E-state index in [1.54, 1.807) is 12.3 Å². The van der Waals surface area contributed by atoms with Crippen molar-refractivity contribution in [3.8, 4) is 0 Å². The van der Waals surface area contributed by atoms with Gasteiger partial charge in [0.15, 0.2) is 0 Å². The monoisotopic (exact) mass is 317 g/mol. The highest BCUT2D eigenvalue weighted by molar-refractivity contribution is 5.98. The lowest BCUT2D eigenvalue weighted by Crippen LogP contribution is -2.37. The summed E-state index contributed by atoms with van der Waals surface area (Å²) < 4.78 is 13.2. The van der Waals surface area contributed by atoms with Gasteiger partial charge in [-0.1, -0.05) is 0 Å². The molecule has 7 heteroatoms. The van der Waals surface area contributed by atoms with E-state index >= 15 is 0 Å². The molecule has 23 heavy (non-hydrogen) atoms. The maximum Gasteiger partial charge on any atom is 0.327 e. The Bertz CT molecular complexity index is 660. The average Bonchev–Trinajstić information content (AvgIpc) is 2.49. The lowest BCUT2D eigenvalue weighted by molar-refractivity contribution is 0.249. The lowest BCUT2D eigenvalue weighted by atomic mass is 10.3. The zero-order chi connectivity index (χ0) is 16.8. The van der Waals surface area contributed by atoms with Gasteiger partial charge in [0, 0.05) is 24.8 Å². The van der Waals surface area contributed by atoms with Crippen molar-refractivity contribution in [3.63, 3.8) is 0 Å². The summed E-state index contributed by atoms with van der Waals surface area (Å²) >= 11 is 0. The van der Waals surface area contributed by atoms with Crippen LogP contribution in [0.5, 0.6) is 0 Å². The van der Waals surface area contributed by atoms with Gasteiger partial charge in [-0.2, -0.15) is 4.98 Å². The standard InChI is InChI=1S/C16H20FN5O/c1-4-18-16(23)22(13-7-5-12(17)6-8-13)14-9-10-19-15(21-14)20-11(2)3/h5-11H,4H2,1-3H3,(H,18,23)(H,19,20,21). The van der Waals surface area contributed by atoms with Gasteiger partial charge in [-0.25, -0.2) is 19.1 Å². The van der Waals surface area contributed by atoms with E-state index in [1.807, 2.05) is 20.8 Å². The number of hydrogen-bond acceptors (Lipinski definition) is 4. The second kappa shape index (κ2) is 7.53. The fourth-order valence-electron chi connectivity index (χ4n) is 1.98. The highest BCUT2D eigenvalue weighted by Crippen LogP contribution is 2.24. The lowest BCUT2D eigenvalue weighted by Gasteiger charge is -2.22. The third kappa shape index (κ3) is 4.38. The Balaban J connectivity index is 2.41. The maximum atomic E-state index is 13.2. The van der Waals surface area contributed by atoms with Gasteiger partial charge in [0.2, 0.25) is 5.95 Å². The van der Waals surface area contributed by atoms with E-state index in [-0.39, 0.29) is 17.9 Å². The molecule has 0 saturated carbocycles. The second-order valence-electron chi connectivity index (χ2n) is 5.18. The summed E-state index contributed by atoms with van der Waals surface area (Å²) in [7, 11) is 0. The minimum Gasteiger partial charge on any atom is -0.352 e. The zero-order valence-electron chi connectivity index (χ0n) is 13.4. The molecule has 1 aromatic carbocycles. The van der Waals surface area contributed by atoms with Crippen LogP contribution in [-0.2, 0) is 0 Å². The van der Waals surface area contributed by atoms with E-state index < -0.39 is 0 Å². The molecule has 0 saturated heterocycles. The third-order valence-corrected chi connectivity index (χ3v) is 2.90. The van der Waals surface area contributed by atoms with Gasteiger partial charge in [0.1, 0.15) is 11.6 Å². The van der Waals surface area contributed by atoms with Crippen molar-refractivity contribution < 1.29 is 9.18 Å². The molecular formula is C16H20FN5O. The van der Waals surface area contributed by atoms with Gasteiger partial charge in [0.05, 0.1) is 5.69 Å². The second-order valence-corrected chi connectivity index (χ2v) is 5.18. The molecule has 0 bridgehead atoms. The minimum absolute atomic E-state index is 0.161. The largest absolute Gasteiger partial charge is 0.352 e. The van der Waals surface area contributed by atoms with Gasteiger partial charge in [-0.05, 0) is 45.0 Å². The number of nitrogens with zero attached hydrogens (tertiary/aromatic N) is 3. The molecule has 0 spiro atoms. The molecule has 2 N–H and O–H groups in total. The molecule has 0 aliphatic rings. The Kier molecular flexibility index (Phi) is 5.46. The molecule has 0 fully saturated rings. The molecule has 0 radical (unpaired) electrons. The fourth-order valence-corrected chi connectivity index (χ4v) is 1.98. The number of benzene rings is 1. The highest BCUT2D eigenvalue weighted by Gasteiger charge is 2.19. The summed E-state index contributed by atoms with van der Waals surface area (Å²) in [4.78, 5) is 22.3. The first-order chi connectivity index (χ1) is 11.0. The van der Waals surface area contributed by atoms with Gasteiger partial charge >= 0.3 is 6.03 Å². The molecule has 0 aliphatic heterocycles. The van der Waals surface area contributed by atoms with Crippen LogP contribution in [0.25, 0.3) is 0 Å². The summed E-state index contributed by atoms with van der Waals surface area (Å²) in [5, 5.41) is 5.82. The Hall–Kier alpha value is -2.70. The molecule has 6 nitrogen and oxygen atoms in total. The van der Waals surface area contributed by atoms with Crippen LogP contribution < -0.4 is 15.5 Å². The van der Waals surface area contributed by atoms with E-state index in [2.05, 4.69) is 20.6 Å². The number of hydrogen-bond donors (Lipinski definition) is 2. The normalized spacial score (nSPS) is 10.5. The van der Waals surface area contributed by atoms with Crippen molar-refractivity contribution in [1.82, 2.24) is 15.3 Å². The molecule has 1 aromatic heterocycles. The number of nitrogens with one attached hydrogen (secondary N) is 2. The van der Waals surface area contributed by atoms with Crippen molar-refractivity contribution in [2.75, 3.05) is 16.8 Å². The Morgan fingerprint density at radius 3 is 2.57 bits per heavy atom. The zero-order valence-corrected chi connectivity index (χ0v) is 13.4. The number of rotatable bonds is 5. The third-order valence-electron chi connectivity index (χ3n) is 2.90. The number of anilines is 3. The topological polar surface area (TPSA) is 70.2 Å². The Morgan fingerprint density at radius 1 is 1.26 bits per heavy atom. The fraction of sp³-hybridized carbons (Fsp3) is 0.312. The van der Waals surface area contributed by atoms with Gasteiger partial charge < -0.3 is 10.6 Å². The van der Waals surface area contributed by atoms with Crippen molar-refractivity contribution in [2.24, 2.45) is 0 Å². The van der Waals surface area contributed by atoms with E-state index in [0.717, 1.165) is 0 Å². The molecule has 122 valence electrons. The molecule has 2 aromatic rings. The highest BCUT2D eigenvalue weighted by atomic mass is 19.1. The Labute approximate surface area is 134 Å². The van der Waals surface area contributed by atoms with Crippen molar-refractivity contribution in [3.05, 3.63) is 42.3 Å². The molecular weight excluding hydrogens is 297 g/mol. The molecule has 0 unspecified atom stereocenters. The van der Waals surface area contributed by atoms with E-state index in [4.69, 9.17) is 0 Å². The van der Waals surface area contributed by atoms with Crippen LogP contribution in [0.3, 0.4) is 0 Å². The number of carbonyl (C=O) groups is 1. The maximum absolute atomic E-state index is 13.2. The van der Waals surface area contributed by atoms with Gasteiger partial charge in [-0.15, -0.1) is 0 Å². The number of amides is 2. The van der Waals surface area contributed by atoms with Crippen LogP contribution >= 0.6 is 0 Å². The number of halogens is 1. The van der Waals surface area contributed by atoms with E-state index in [1.165, 1.54) is 29.2 Å². The smallest absolute Gasteiger partial charge is 0.327 e. The molecule has 2 amide bonds. The minimum atomic E-state index is -0.366. The van der Waals surface area contributed by atoms with Crippen LogP contribution in [0.1, 0.15) is 20.8 Å². The van der Waals surface area contributed by atoms with Crippen LogP contribution in [0.2, 0.25) is 0 Å². The van der Waals surface area contributed by atoms with E-state index in [9.17, 15) is 9.18 Å². The molecule has 1 heterocycles. The average molecular weight is 317 g/mol.